The van der Waals surface area contributed by atoms with Gasteiger partial charge in [-0.05, 0) is 0 Å². The van der Waals surface area contributed by atoms with Gasteiger partial charge in [-0.1, -0.05) is 0 Å². The van der Waals surface area contributed by atoms with Crippen LogP contribution in [0.5, 0.6) is 0 Å². The maximum atomic E-state index is 12.4. The van der Waals surface area contributed by atoms with Gasteiger partial charge in [-0.25, -0.2) is 0 Å². The van der Waals surface area contributed by atoms with Crippen molar-refractivity contribution in [3.8, 4) is 0 Å². The number of methoxy groups -OCH3 is 1. The Morgan fingerprint density at radius 3 is 2.31 bits per heavy atom. The Morgan fingerprint density at radius 2 is 1.67 bits per heavy atom. The van der Waals surface area contributed by atoms with Gasteiger partial charge in [-0.2, -0.15) is 0 Å². The first-order chi connectivity index (χ1) is 17.2. The number of nitrogens with one attached hydrogen (secondary N) is 2. The smallest absolute Gasteiger partial charge is 0.305 e. The number of hydrogen-bond donors (Lipinski definition) is 3. The van der Waals surface area contributed by atoms with Gasteiger partial charge in [0.05, 0.1) is 52.3 Å². The summed E-state index contributed by atoms with van der Waals surface area (Å²) in [4.78, 5) is 73.0. The highest BCUT2D eigenvalue weighted by molar-refractivity contribution is 6.13. The summed E-state index contributed by atoms with van der Waals surface area (Å²) in [5.41, 5.74) is -1.02. The van der Waals surface area contributed by atoms with Gasteiger partial charge in [0.1, 0.15) is 12.2 Å². The van der Waals surface area contributed by atoms with Crippen molar-refractivity contribution in [2.45, 2.75) is 24.9 Å². The number of carbonyl (C=O) groups is 6. The fraction of sp³-hybridized carbons (Fsp3) is 0.636. The molecule has 0 spiro atoms. The van der Waals surface area contributed by atoms with E-state index in [9.17, 15) is 28.8 Å². The summed E-state index contributed by atoms with van der Waals surface area (Å²) in [6.45, 7) is 0.714. The van der Waals surface area contributed by atoms with Crippen LogP contribution in [-0.2, 0) is 43.0 Å². The van der Waals surface area contributed by atoms with Gasteiger partial charge in [0.2, 0.25) is 17.7 Å². The quantitative estimate of drug-likeness (QED) is 0.141. The van der Waals surface area contributed by atoms with Crippen LogP contribution in [-0.4, -0.2) is 122 Å². The minimum atomic E-state index is -1.05. The topological polar surface area (TPSA) is 181 Å². The highest BCUT2D eigenvalue weighted by atomic mass is 16.5. The van der Waals surface area contributed by atoms with E-state index in [4.69, 9.17) is 19.3 Å². The molecule has 3 N–H and O–H groups in total. The lowest BCUT2D eigenvalue weighted by atomic mass is 9.93. The lowest BCUT2D eigenvalue weighted by Crippen LogP contribution is -2.69. The van der Waals surface area contributed by atoms with E-state index in [1.165, 1.54) is 4.90 Å². The number of carboxylic acids is 1. The van der Waals surface area contributed by atoms with Gasteiger partial charge < -0.3 is 34.9 Å². The molecular formula is C22H32N4O10. The molecule has 1 saturated heterocycles. The van der Waals surface area contributed by atoms with Gasteiger partial charge in [-0.15, -0.1) is 0 Å². The predicted octanol–water partition coefficient (Wildman–Crippen LogP) is -2.34. The van der Waals surface area contributed by atoms with E-state index >= 15 is 0 Å². The molecule has 2 aliphatic rings. The third kappa shape index (κ3) is 9.36. The number of aliphatic carboxylic acids is 1. The van der Waals surface area contributed by atoms with Crippen molar-refractivity contribution in [3.63, 3.8) is 0 Å². The van der Waals surface area contributed by atoms with Crippen LogP contribution in [0.25, 0.3) is 0 Å². The molecule has 0 saturated carbocycles. The van der Waals surface area contributed by atoms with Crippen molar-refractivity contribution in [1.82, 2.24) is 20.4 Å². The third-order valence-electron chi connectivity index (χ3n) is 5.44. The molecule has 0 radical (unpaired) electrons. The Kier molecular flexibility index (Phi) is 11.4. The van der Waals surface area contributed by atoms with Crippen LogP contribution in [0.4, 0.5) is 0 Å². The maximum Gasteiger partial charge on any atom is 0.305 e. The Balaban J connectivity index is 1.83. The highest BCUT2D eigenvalue weighted by Crippen LogP contribution is 2.25. The number of carbonyl (C=O) groups excluding carboxylic acids is 5. The van der Waals surface area contributed by atoms with Gasteiger partial charge in [-0.3, -0.25) is 33.7 Å². The number of imide groups is 1. The highest BCUT2D eigenvalue weighted by Gasteiger charge is 2.46. The summed E-state index contributed by atoms with van der Waals surface area (Å²) in [6.07, 6.45) is 2.06. The number of carboxylic acid groups (broad SMARTS) is 1. The second-order valence-corrected chi connectivity index (χ2v) is 8.26. The lowest BCUT2D eigenvalue weighted by molar-refractivity contribution is -0.172. The normalized spacial score (nSPS) is 16.1. The molecule has 0 atom stereocenters. The zero-order chi connectivity index (χ0) is 26.6. The number of likely N-dealkylation sites (tertiary alicyclic amines) is 1. The fourth-order valence-corrected chi connectivity index (χ4v) is 3.43. The molecule has 14 nitrogen and oxygen atoms in total. The molecule has 200 valence electrons. The Morgan fingerprint density at radius 1 is 0.972 bits per heavy atom. The number of amides is 5. The minimum absolute atomic E-state index is 0.0114. The van der Waals surface area contributed by atoms with Crippen LogP contribution in [0.15, 0.2) is 12.2 Å². The molecule has 5 amide bonds. The first-order valence-electron chi connectivity index (χ1n) is 11.4. The van der Waals surface area contributed by atoms with E-state index in [0.717, 1.165) is 17.1 Å². The number of rotatable bonds is 17. The van der Waals surface area contributed by atoms with E-state index in [1.807, 2.05) is 0 Å². The average molecular weight is 513 g/mol. The molecule has 1 fully saturated rings. The SMILES string of the molecule is COCCOCCC(=O)N1CC(CNC(=O)CCN2C(=O)C=CC2=O)(OCC(=O)NCCC(=O)O)C1. The van der Waals surface area contributed by atoms with Crippen LogP contribution < -0.4 is 10.6 Å². The van der Waals surface area contributed by atoms with E-state index in [0.29, 0.717) is 13.2 Å². The monoisotopic (exact) mass is 512 g/mol. The fourth-order valence-electron chi connectivity index (χ4n) is 3.43. The number of hydrogen-bond acceptors (Lipinski definition) is 9. The van der Waals surface area contributed by atoms with Crippen molar-refractivity contribution in [1.29, 1.82) is 0 Å². The van der Waals surface area contributed by atoms with Crippen molar-refractivity contribution in [2.75, 3.05) is 66.3 Å². The Labute approximate surface area is 207 Å². The molecule has 0 bridgehead atoms. The maximum absolute atomic E-state index is 12.4. The van der Waals surface area contributed by atoms with Crippen LogP contribution in [0.3, 0.4) is 0 Å². The lowest BCUT2D eigenvalue weighted by Gasteiger charge is -2.49. The minimum Gasteiger partial charge on any atom is -0.481 e. The van der Waals surface area contributed by atoms with Crippen LogP contribution in [0.2, 0.25) is 0 Å². The first-order valence-corrected chi connectivity index (χ1v) is 11.4. The zero-order valence-electron chi connectivity index (χ0n) is 20.2. The van der Waals surface area contributed by atoms with Gasteiger partial charge in [0.25, 0.3) is 11.8 Å². The molecule has 2 rings (SSSR count). The Bertz CT molecular complexity index is 851. The molecule has 0 unspecified atom stereocenters. The van der Waals surface area contributed by atoms with Crippen molar-refractivity contribution < 1.29 is 48.1 Å². The van der Waals surface area contributed by atoms with E-state index < -0.39 is 35.2 Å². The third-order valence-corrected chi connectivity index (χ3v) is 5.44. The second kappa shape index (κ2) is 14.3. The molecule has 0 aromatic carbocycles. The number of ether oxygens (including phenoxy) is 3. The van der Waals surface area contributed by atoms with Gasteiger partial charge in [0.15, 0.2) is 0 Å². The van der Waals surface area contributed by atoms with Crippen molar-refractivity contribution in [3.05, 3.63) is 12.2 Å². The summed E-state index contributed by atoms with van der Waals surface area (Å²) < 4.78 is 15.9. The molecule has 36 heavy (non-hydrogen) atoms. The molecular weight excluding hydrogens is 480 g/mol. The summed E-state index contributed by atoms with van der Waals surface area (Å²) in [6, 6.07) is 0. The summed E-state index contributed by atoms with van der Waals surface area (Å²) in [5, 5.41) is 13.8. The largest absolute Gasteiger partial charge is 0.481 e. The predicted molar refractivity (Wildman–Crippen MR) is 121 cm³/mol. The second-order valence-electron chi connectivity index (χ2n) is 8.26. The van der Waals surface area contributed by atoms with Crippen molar-refractivity contribution >= 4 is 35.5 Å². The molecule has 0 aromatic heterocycles. The van der Waals surface area contributed by atoms with E-state index in [2.05, 4.69) is 10.6 Å². The van der Waals surface area contributed by atoms with Crippen LogP contribution in [0.1, 0.15) is 19.3 Å². The summed E-state index contributed by atoms with van der Waals surface area (Å²) >= 11 is 0. The van der Waals surface area contributed by atoms with Crippen molar-refractivity contribution in [2.24, 2.45) is 0 Å². The van der Waals surface area contributed by atoms with Crippen LogP contribution >= 0.6 is 0 Å². The van der Waals surface area contributed by atoms with Gasteiger partial charge in [0, 0.05) is 38.8 Å². The Hall–Kier alpha value is -3.36. The van der Waals surface area contributed by atoms with E-state index in [1.54, 1.807) is 7.11 Å². The zero-order valence-corrected chi connectivity index (χ0v) is 20.2. The molecule has 14 heteroatoms. The average Bonchev–Trinajstić information content (AvgIpc) is 3.13. The molecule has 2 aliphatic heterocycles. The van der Waals surface area contributed by atoms with Crippen LogP contribution in [0, 0.1) is 0 Å². The molecule has 2 heterocycles. The first kappa shape index (κ1) is 28.9. The summed E-state index contributed by atoms with van der Waals surface area (Å²) in [7, 11) is 1.54. The number of nitrogens with zero attached hydrogens (tertiary/aromatic N) is 2. The molecule has 0 aromatic rings. The van der Waals surface area contributed by atoms with Gasteiger partial charge >= 0.3 is 5.97 Å². The molecule has 0 aliphatic carbocycles. The standard InChI is InChI=1S/C22H32N4O10/c1-34-10-11-35-9-6-18(29)25-14-22(15-25,36-12-17(28)23-7-4-21(32)33)13-24-16(27)5-8-26-19(30)2-3-20(26)31/h2-3H,4-15H2,1H3,(H,23,28)(H,24,27)(H,32,33). The summed E-state index contributed by atoms with van der Waals surface area (Å²) in [5.74, 6) is -3.17. The van der Waals surface area contributed by atoms with E-state index in [-0.39, 0.29) is 71.1 Å².